The number of ether oxygens (including phenoxy) is 1. The molecule has 2 amide bonds. The molecule has 3 aliphatic heterocycles. The molecule has 0 aliphatic carbocycles. The molecule has 0 bridgehead atoms. The molecule has 1 aromatic rings. The van der Waals surface area contributed by atoms with Crippen molar-refractivity contribution in [2.45, 2.75) is 38.2 Å². The van der Waals surface area contributed by atoms with Crippen LogP contribution in [0.1, 0.15) is 33.0 Å². The number of piperazine rings is 1. The molecule has 2 atom stereocenters. The van der Waals surface area contributed by atoms with Crippen molar-refractivity contribution in [3.63, 3.8) is 0 Å². The molecule has 168 valence electrons. The van der Waals surface area contributed by atoms with Gasteiger partial charge in [0.1, 0.15) is 23.6 Å². The smallest absolute Gasteiger partial charge is 0.410 e. The number of rotatable bonds is 3. The van der Waals surface area contributed by atoms with Crippen LogP contribution in [-0.4, -0.2) is 115 Å². The van der Waals surface area contributed by atoms with Crippen LogP contribution in [0.5, 0.6) is 0 Å². The lowest BCUT2D eigenvalue weighted by atomic mass is 10.1. The summed E-state index contributed by atoms with van der Waals surface area (Å²) >= 11 is -1.15. The van der Waals surface area contributed by atoms with Crippen LogP contribution in [0.2, 0.25) is 0 Å². The highest BCUT2D eigenvalue weighted by atomic mass is 32.2. The lowest BCUT2D eigenvalue weighted by molar-refractivity contribution is -0.908. The number of tetrazole rings is 1. The lowest BCUT2D eigenvalue weighted by Crippen LogP contribution is -2.62. The fourth-order valence-electron chi connectivity index (χ4n) is 4.21. The normalized spacial score (nSPS) is 25.9. The van der Waals surface area contributed by atoms with E-state index in [1.807, 2.05) is 20.8 Å². The Balaban J connectivity index is 1.54. The third-order valence-electron chi connectivity index (χ3n) is 5.87. The SMILES string of the molecule is Bn1nnc(C2=C(C[N+]3(C)CCN(C(=O)OC(C)(C)C)CC3)C[S+]([O-])[C@@H]3CC(=O)N23)n1. The summed E-state index contributed by atoms with van der Waals surface area (Å²) in [5, 5.41) is 12.1. The zero-order chi connectivity index (χ0) is 22.6. The summed E-state index contributed by atoms with van der Waals surface area (Å²) in [5.41, 5.74) is 1.04. The summed E-state index contributed by atoms with van der Waals surface area (Å²) in [7, 11) is 3.80. The van der Waals surface area contributed by atoms with E-state index in [0.29, 0.717) is 47.8 Å². The summed E-state index contributed by atoms with van der Waals surface area (Å²) < 4.78 is 20.3. The van der Waals surface area contributed by atoms with Crippen LogP contribution < -0.4 is 0 Å². The zero-order valence-corrected chi connectivity index (χ0v) is 19.5. The number of β-lactam (4-membered cyclic amide) rings is 1. The van der Waals surface area contributed by atoms with Gasteiger partial charge in [-0.2, -0.15) is 0 Å². The van der Waals surface area contributed by atoms with Crippen LogP contribution in [0.4, 0.5) is 4.79 Å². The number of carbonyl (C=O) groups excluding carboxylic acids is 2. The van der Waals surface area contributed by atoms with E-state index in [0.717, 1.165) is 18.7 Å². The number of fused-ring (bicyclic) bond motifs is 1. The van der Waals surface area contributed by atoms with E-state index in [9.17, 15) is 14.1 Å². The van der Waals surface area contributed by atoms with Gasteiger partial charge in [0, 0.05) is 0 Å². The van der Waals surface area contributed by atoms with Crippen molar-refractivity contribution in [2.24, 2.45) is 0 Å². The average Bonchev–Trinajstić information content (AvgIpc) is 3.07. The molecule has 2 fully saturated rings. The van der Waals surface area contributed by atoms with Gasteiger partial charge in [0.15, 0.2) is 0 Å². The monoisotopic (exact) mass is 450 g/mol. The molecule has 31 heavy (non-hydrogen) atoms. The Morgan fingerprint density at radius 2 is 2.03 bits per heavy atom. The molecule has 13 heteroatoms. The van der Waals surface area contributed by atoms with Crippen molar-refractivity contribution in [2.75, 3.05) is 45.5 Å². The largest absolute Gasteiger partial charge is 0.614 e. The second kappa shape index (κ2) is 7.78. The maximum Gasteiger partial charge on any atom is 0.410 e. The number of quaternary nitrogens is 1. The van der Waals surface area contributed by atoms with Crippen molar-refractivity contribution in [3.8, 4) is 0 Å². The Kier molecular flexibility index (Phi) is 5.55. The highest BCUT2D eigenvalue weighted by Gasteiger charge is 2.53. The second-order valence-corrected chi connectivity index (χ2v) is 11.3. The van der Waals surface area contributed by atoms with Crippen LogP contribution in [0.25, 0.3) is 5.70 Å². The Hall–Kier alpha value is -2.12. The first kappa shape index (κ1) is 22.1. The number of amides is 2. The van der Waals surface area contributed by atoms with Crippen molar-refractivity contribution in [1.29, 1.82) is 0 Å². The van der Waals surface area contributed by atoms with Crippen LogP contribution in [-0.2, 0) is 20.7 Å². The molecule has 1 unspecified atom stereocenters. The Bertz CT molecular complexity index is 922. The first-order chi connectivity index (χ1) is 14.5. The van der Waals surface area contributed by atoms with Crippen LogP contribution in [0.15, 0.2) is 5.57 Å². The standard InChI is InChI=1S/C18H29BN7O4S/c1-18(2,3)30-17(28)23-5-7-26(4,8-6-23)10-12-11-31(29)14-9-13(27)24(14)15(12)16-20-22-25(19)21-16/h14H,5-11,19H2,1-4H3/q+1/t14-,31?/m1/s1. The predicted molar refractivity (Wildman–Crippen MR) is 116 cm³/mol. The summed E-state index contributed by atoms with van der Waals surface area (Å²) in [6, 6.07) is 0. The van der Waals surface area contributed by atoms with Gasteiger partial charge in [-0.1, -0.05) is 5.21 Å². The molecule has 0 saturated carbocycles. The Morgan fingerprint density at radius 3 is 2.58 bits per heavy atom. The maximum absolute atomic E-state index is 12.8. The number of carbonyl (C=O) groups is 2. The van der Waals surface area contributed by atoms with Crippen LogP contribution >= 0.6 is 0 Å². The number of likely N-dealkylation sites (N-methyl/N-ethyl adjacent to an activating group) is 1. The summed E-state index contributed by atoms with van der Waals surface area (Å²) in [4.78, 5) is 28.1. The molecular formula is C18H29BN7O4S+. The van der Waals surface area contributed by atoms with E-state index in [1.165, 1.54) is 4.71 Å². The third kappa shape index (κ3) is 4.44. The fourth-order valence-corrected chi connectivity index (χ4v) is 5.76. The van der Waals surface area contributed by atoms with Gasteiger partial charge in [0.2, 0.25) is 17.1 Å². The lowest BCUT2D eigenvalue weighted by Gasteiger charge is -2.47. The number of nitrogens with zero attached hydrogens (tertiary/aromatic N) is 7. The number of hydrogen-bond acceptors (Lipinski definition) is 7. The van der Waals surface area contributed by atoms with Gasteiger partial charge in [0.25, 0.3) is 7.98 Å². The summed E-state index contributed by atoms with van der Waals surface area (Å²) in [6.45, 7) is 8.79. The highest BCUT2D eigenvalue weighted by Crippen LogP contribution is 2.40. The molecule has 0 spiro atoms. The van der Waals surface area contributed by atoms with Gasteiger partial charge in [-0.15, -0.1) is 10.2 Å². The molecular weight excluding hydrogens is 421 g/mol. The van der Waals surface area contributed by atoms with E-state index in [1.54, 1.807) is 17.8 Å². The quantitative estimate of drug-likeness (QED) is 0.246. The molecule has 3 aliphatic rings. The van der Waals surface area contributed by atoms with Gasteiger partial charge in [-0.3, -0.25) is 14.6 Å². The molecule has 4 heterocycles. The molecule has 11 nitrogen and oxygen atoms in total. The first-order valence-corrected chi connectivity index (χ1v) is 11.8. The topological polar surface area (TPSA) is 117 Å². The van der Waals surface area contributed by atoms with Crippen molar-refractivity contribution in [3.05, 3.63) is 11.4 Å². The van der Waals surface area contributed by atoms with E-state index in [2.05, 4.69) is 22.5 Å². The van der Waals surface area contributed by atoms with Gasteiger partial charge in [0.05, 0.1) is 45.2 Å². The number of hydrogen-bond donors (Lipinski definition) is 0. The molecule has 1 aromatic heterocycles. The van der Waals surface area contributed by atoms with E-state index < -0.39 is 16.8 Å². The molecule has 0 aromatic carbocycles. The van der Waals surface area contributed by atoms with Gasteiger partial charge in [-0.25, -0.2) is 9.50 Å². The Labute approximate surface area is 185 Å². The fraction of sp³-hybridized carbons (Fsp3) is 0.722. The first-order valence-electron chi connectivity index (χ1n) is 10.4. The van der Waals surface area contributed by atoms with E-state index in [4.69, 9.17) is 4.74 Å². The Morgan fingerprint density at radius 1 is 1.35 bits per heavy atom. The number of aromatic nitrogens is 4. The maximum atomic E-state index is 12.8. The van der Waals surface area contributed by atoms with Gasteiger partial charge < -0.3 is 13.8 Å². The molecule has 0 N–H and O–H groups in total. The molecule has 2 saturated heterocycles. The zero-order valence-electron chi connectivity index (χ0n) is 18.7. The van der Waals surface area contributed by atoms with Crippen LogP contribution in [0, 0.1) is 0 Å². The van der Waals surface area contributed by atoms with Crippen molar-refractivity contribution >= 4 is 36.9 Å². The van der Waals surface area contributed by atoms with E-state index in [-0.39, 0.29) is 17.4 Å². The van der Waals surface area contributed by atoms with Crippen molar-refractivity contribution in [1.82, 2.24) is 29.9 Å². The molecule has 4 rings (SSSR count). The summed E-state index contributed by atoms with van der Waals surface area (Å²) in [5.74, 6) is 0.729. The molecule has 0 radical (unpaired) electrons. The third-order valence-corrected chi connectivity index (χ3v) is 7.48. The second-order valence-electron chi connectivity index (χ2n) is 9.69. The minimum Gasteiger partial charge on any atom is -0.614 e. The van der Waals surface area contributed by atoms with Gasteiger partial charge in [-0.05, 0) is 31.9 Å². The average molecular weight is 450 g/mol. The summed E-state index contributed by atoms with van der Waals surface area (Å²) in [6.07, 6.45) is -0.00382. The van der Waals surface area contributed by atoms with Gasteiger partial charge >= 0.3 is 6.09 Å². The highest BCUT2D eigenvalue weighted by molar-refractivity contribution is 7.92. The minimum absolute atomic E-state index is 0.0598. The minimum atomic E-state index is -1.15. The van der Waals surface area contributed by atoms with Crippen LogP contribution in [0.3, 0.4) is 0 Å². The van der Waals surface area contributed by atoms with Crippen molar-refractivity contribution < 1.29 is 23.4 Å². The predicted octanol–water partition coefficient (Wildman–Crippen LogP) is -1.20. The van der Waals surface area contributed by atoms with E-state index >= 15 is 0 Å².